The van der Waals surface area contributed by atoms with Crippen molar-refractivity contribution >= 4 is 38.9 Å². The van der Waals surface area contributed by atoms with Crippen molar-refractivity contribution in [1.29, 1.82) is 0 Å². The Morgan fingerprint density at radius 2 is 2.00 bits per heavy atom. The minimum atomic E-state index is -0.127. The van der Waals surface area contributed by atoms with Crippen LogP contribution in [0.5, 0.6) is 0 Å². The largest absolute Gasteiger partial charge is 0.397 e. The van der Waals surface area contributed by atoms with Crippen LogP contribution in [0.3, 0.4) is 0 Å². The van der Waals surface area contributed by atoms with E-state index < -0.39 is 0 Å². The van der Waals surface area contributed by atoms with E-state index in [1.165, 1.54) is 11.3 Å². The summed E-state index contributed by atoms with van der Waals surface area (Å²) in [6.07, 6.45) is 0. The van der Waals surface area contributed by atoms with Gasteiger partial charge in [0, 0.05) is 4.47 Å². The number of nitrogens with one attached hydrogen (secondary N) is 1. The van der Waals surface area contributed by atoms with Crippen LogP contribution in [-0.4, -0.2) is 5.91 Å². The molecule has 1 aromatic heterocycles. The van der Waals surface area contributed by atoms with E-state index >= 15 is 0 Å². The molecule has 1 atom stereocenters. The number of amides is 1. The van der Waals surface area contributed by atoms with E-state index in [0.29, 0.717) is 10.6 Å². The zero-order chi connectivity index (χ0) is 13.1. The average Bonchev–Trinajstić information content (AvgIpc) is 2.76. The van der Waals surface area contributed by atoms with E-state index in [4.69, 9.17) is 5.73 Å². The summed E-state index contributed by atoms with van der Waals surface area (Å²) in [4.78, 5) is 12.6. The number of halogens is 1. The third kappa shape index (κ3) is 2.91. The smallest absolute Gasteiger partial charge is 0.263 e. The van der Waals surface area contributed by atoms with Crippen molar-refractivity contribution in [3.8, 4) is 0 Å². The van der Waals surface area contributed by atoms with Gasteiger partial charge in [-0.15, -0.1) is 11.3 Å². The minimum absolute atomic E-state index is 0.0490. The van der Waals surface area contributed by atoms with Gasteiger partial charge in [0.1, 0.15) is 4.88 Å². The molecule has 1 amide bonds. The maximum absolute atomic E-state index is 12.0. The summed E-state index contributed by atoms with van der Waals surface area (Å²) in [5, 5.41) is 4.75. The summed E-state index contributed by atoms with van der Waals surface area (Å²) >= 11 is 4.74. The highest BCUT2D eigenvalue weighted by Crippen LogP contribution is 2.21. The number of carbonyl (C=O) groups is 1. The maximum Gasteiger partial charge on any atom is 0.263 e. The molecule has 3 nitrogen and oxygen atoms in total. The Bertz CT molecular complexity index is 550. The maximum atomic E-state index is 12.0. The number of benzene rings is 1. The molecule has 3 N–H and O–H groups in total. The van der Waals surface area contributed by atoms with Crippen molar-refractivity contribution in [2.24, 2.45) is 0 Å². The molecular weight excluding hydrogens is 312 g/mol. The number of carbonyl (C=O) groups excluding carboxylic acids is 1. The number of hydrogen-bond acceptors (Lipinski definition) is 3. The molecule has 0 aliphatic carbocycles. The van der Waals surface area contributed by atoms with Gasteiger partial charge in [-0.1, -0.05) is 28.1 Å². The van der Waals surface area contributed by atoms with Gasteiger partial charge in [-0.3, -0.25) is 4.79 Å². The highest BCUT2D eigenvalue weighted by molar-refractivity contribution is 9.10. The van der Waals surface area contributed by atoms with Gasteiger partial charge in [-0.25, -0.2) is 0 Å². The fourth-order valence-electron chi connectivity index (χ4n) is 1.60. The van der Waals surface area contributed by atoms with Gasteiger partial charge >= 0.3 is 0 Å². The fraction of sp³-hybridized carbons (Fsp3) is 0.154. The first-order valence-corrected chi connectivity index (χ1v) is 7.14. The van der Waals surface area contributed by atoms with Crippen LogP contribution in [0.25, 0.3) is 0 Å². The topological polar surface area (TPSA) is 55.1 Å². The molecule has 0 aliphatic heterocycles. The first-order chi connectivity index (χ1) is 8.58. The lowest BCUT2D eigenvalue weighted by Crippen LogP contribution is -2.26. The van der Waals surface area contributed by atoms with Crippen LogP contribution in [0.2, 0.25) is 0 Å². The lowest BCUT2D eigenvalue weighted by molar-refractivity contribution is 0.0945. The summed E-state index contributed by atoms with van der Waals surface area (Å²) < 4.78 is 1.02. The van der Waals surface area contributed by atoms with E-state index in [1.54, 1.807) is 6.07 Å². The molecule has 18 heavy (non-hydrogen) atoms. The number of anilines is 1. The van der Waals surface area contributed by atoms with Gasteiger partial charge < -0.3 is 11.1 Å². The molecule has 0 saturated carbocycles. The zero-order valence-corrected chi connectivity index (χ0v) is 12.2. The average molecular weight is 325 g/mol. The highest BCUT2D eigenvalue weighted by atomic mass is 79.9. The van der Waals surface area contributed by atoms with Crippen molar-refractivity contribution in [2.75, 3.05) is 5.73 Å². The Hall–Kier alpha value is -1.33. The van der Waals surface area contributed by atoms with Crippen molar-refractivity contribution in [2.45, 2.75) is 13.0 Å². The number of nitrogen functional groups attached to an aromatic ring is 1. The predicted octanol–water partition coefficient (Wildman–Crippen LogP) is 3.58. The predicted molar refractivity (Wildman–Crippen MR) is 78.8 cm³/mol. The standard InChI is InChI=1S/C13H13BrN2OS/c1-8(9-2-4-10(14)5-3-9)16-13(17)12-11(15)6-7-18-12/h2-8H,15H2,1H3,(H,16,17)/t8-/m1/s1. The molecule has 1 heterocycles. The quantitative estimate of drug-likeness (QED) is 0.906. The van der Waals surface area contributed by atoms with E-state index in [0.717, 1.165) is 10.0 Å². The number of nitrogens with two attached hydrogens (primary N) is 1. The monoisotopic (exact) mass is 324 g/mol. The fourth-order valence-corrected chi connectivity index (χ4v) is 2.59. The van der Waals surface area contributed by atoms with Crippen LogP contribution in [-0.2, 0) is 0 Å². The number of hydrogen-bond donors (Lipinski definition) is 2. The molecule has 0 spiro atoms. The summed E-state index contributed by atoms with van der Waals surface area (Å²) in [5.41, 5.74) is 7.30. The molecule has 2 rings (SSSR count). The van der Waals surface area contributed by atoms with Gasteiger partial charge in [0.25, 0.3) is 5.91 Å². The van der Waals surface area contributed by atoms with Gasteiger partial charge in [0.2, 0.25) is 0 Å². The second-order valence-electron chi connectivity index (χ2n) is 3.95. The molecule has 1 aromatic carbocycles. The Kier molecular flexibility index (Phi) is 4.04. The molecule has 5 heteroatoms. The lowest BCUT2D eigenvalue weighted by atomic mass is 10.1. The third-order valence-corrected chi connectivity index (χ3v) is 4.08. The van der Waals surface area contributed by atoms with Crippen LogP contribution in [0.1, 0.15) is 28.2 Å². The SMILES string of the molecule is C[C@@H](NC(=O)c1sccc1N)c1ccc(Br)cc1. The Balaban J connectivity index is 2.08. The molecule has 2 aromatic rings. The highest BCUT2D eigenvalue weighted by Gasteiger charge is 2.14. The Labute approximate surface area is 118 Å². The molecule has 0 fully saturated rings. The Morgan fingerprint density at radius 3 is 2.56 bits per heavy atom. The van der Waals surface area contributed by atoms with Gasteiger partial charge in [0.05, 0.1) is 11.7 Å². The normalized spacial score (nSPS) is 12.1. The van der Waals surface area contributed by atoms with Crippen molar-refractivity contribution in [3.63, 3.8) is 0 Å². The number of thiophene rings is 1. The summed E-state index contributed by atoms with van der Waals surface area (Å²) in [6, 6.07) is 9.56. The van der Waals surface area contributed by atoms with Crippen molar-refractivity contribution in [1.82, 2.24) is 5.32 Å². The second-order valence-corrected chi connectivity index (χ2v) is 5.78. The van der Waals surface area contributed by atoms with Crippen LogP contribution < -0.4 is 11.1 Å². The van der Waals surface area contributed by atoms with E-state index in [-0.39, 0.29) is 11.9 Å². The zero-order valence-electron chi connectivity index (χ0n) is 9.81. The lowest BCUT2D eigenvalue weighted by Gasteiger charge is -2.14. The van der Waals surface area contributed by atoms with Crippen molar-refractivity contribution < 1.29 is 4.79 Å². The first-order valence-electron chi connectivity index (χ1n) is 5.47. The molecule has 94 valence electrons. The van der Waals surface area contributed by atoms with Gasteiger partial charge in [-0.05, 0) is 36.1 Å². The molecular formula is C13H13BrN2OS. The van der Waals surface area contributed by atoms with Gasteiger partial charge in [-0.2, -0.15) is 0 Å². The van der Waals surface area contributed by atoms with E-state index in [1.807, 2.05) is 36.6 Å². The molecule has 0 saturated heterocycles. The van der Waals surface area contributed by atoms with Crippen LogP contribution in [0.15, 0.2) is 40.2 Å². The van der Waals surface area contributed by atoms with E-state index in [2.05, 4.69) is 21.2 Å². The van der Waals surface area contributed by atoms with Crippen LogP contribution in [0.4, 0.5) is 5.69 Å². The molecule has 0 aliphatic rings. The summed E-state index contributed by atoms with van der Waals surface area (Å²) in [7, 11) is 0. The van der Waals surface area contributed by atoms with Crippen molar-refractivity contribution in [3.05, 3.63) is 50.6 Å². The van der Waals surface area contributed by atoms with Crippen LogP contribution >= 0.6 is 27.3 Å². The molecule has 0 unspecified atom stereocenters. The Morgan fingerprint density at radius 1 is 1.33 bits per heavy atom. The second kappa shape index (κ2) is 5.54. The molecule has 0 radical (unpaired) electrons. The third-order valence-electron chi connectivity index (χ3n) is 2.62. The summed E-state index contributed by atoms with van der Waals surface area (Å²) in [5.74, 6) is -0.127. The first kappa shape index (κ1) is 13.1. The summed E-state index contributed by atoms with van der Waals surface area (Å²) in [6.45, 7) is 1.95. The minimum Gasteiger partial charge on any atom is -0.397 e. The molecule has 0 bridgehead atoms. The van der Waals surface area contributed by atoms with E-state index in [9.17, 15) is 4.79 Å². The number of rotatable bonds is 3. The van der Waals surface area contributed by atoms with Crippen LogP contribution in [0, 0.1) is 0 Å². The van der Waals surface area contributed by atoms with Gasteiger partial charge in [0.15, 0.2) is 0 Å².